The van der Waals surface area contributed by atoms with E-state index >= 15 is 0 Å². The summed E-state index contributed by atoms with van der Waals surface area (Å²) in [6, 6.07) is 8.66. The van der Waals surface area contributed by atoms with Crippen LogP contribution in [0, 0.1) is 5.92 Å². The summed E-state index contributed by atoms with van der Waals surface area (Å²) in [6.45, 7) is 6.38. The number of hydrogen-bond acceptors (Lipinski definition) is 1. The fourth-order valence-corrected chi connectivity index (χ4v) is 3.17. The lowest BCUT2D eigenvalue weighted by atomic mass is 9.71. The molecule has 1 aromatic rings. The Morgan fingerprint density at radius 1 is 1.47 bits per heavy atom. The average molecular weight is 320 g/mol. The Kier molecular flexibility index (Phi) is 4.87. The van der Waals surface area contributed by atoms with Crippen LogP contribution in [-0.2, 0) is 0 Å². The predicted molar refractivity (Wildman–Crippen MR) is 85.9 cm³/mol. The van der Waals surface area contributed by atoms with Crippen LogP contribution in [0.5, 0.6) is 0 Å². The van der Waals surface area contributed by atoms with E-state index in [1.807, 2.05) is 6.92 Å². The first-order chi connectivity index (χ1) is 9.13. The summed E-state index contributed by atoms with van der Waals surface area (Å²) in [5.74, 6) is 1.18. The van der Waals surface area contributed by atoms with Gasteiger partial charge in [-0.05, 0) is 49.6 Å². The summed E-state index contributed by atoms with van der Waals surface area (Å²) in [6.07, 6.45) is 8.14. The van der Waals surface area contributed by atoms with Gasteiger partial charge in [0, 0.05) is 23.1 Å². The molecule has 1 aromatic carbocycles. The number of likely N-dealkylation sites (N-methyl/N-ethyl adjacent to an activating group) is 1. The minimum atomic E-state index is 0.437. The molecule has 0 heterocycles. The maximum absolute atomic E-state index is 4.34. The molecule has 0 N–H and O–H groups in total. The molecule has 1 nitrogen and oxygen atoms in total. The number of hydrogen-bond donors (Lipinski definition) is 0. The van der Waals surface area contributed by atoms with Crippen LogP contribution >= 0.6 is 15.9 Å². The van der Waals surface area contributed by atoms with Gasteiger partial charge in [0.1, 0.15) is 0 Å². The van der Waals surface area contributed by atoms with Crippen molar-refractivity contribution in [1.82, 2.24) is 4.90 Å². The van der Waals surface area contributed by atoms with Crippen molar-refractivity contribution < 1.29 is 0 Å². The second kappa shape index (κ2) is 6.42. The monoisotopic (exact) mass is 319 g/mol. The topological polar surface area (TPSA) is 3.24 Å². The number of rotatable bonds is 5. The van der Waals surface area contributed by atoms with Gasteiger partial charge in [-0.1, -0.05) is 47.1 Å². The highest BCUT2D eigenvalue weighted by Crippen LogP contribution is 2.44. The highest BCUT2D eigenvalue weighted by Gasteiger charge is 2.31. The van der Waals surface area contributed by atoms with Crippen LogP contribution < -0.4 is 0 Å². The van der Waals surface area contributed by atoms with Gasteiger partial charge in [0.25, 0.3) is 0 Å². The second-order valence-electron chi connectivity index (χ2n) is 5.31. The minimum absolute atomic E-state index is 0.437. The summed E-state index contributed by atoms with van der Waals surface area (Å²) in [4.78, 5) is 2.16. The highest BCUT2D eigenvalue weighted by atomic mass is 79.9. The fraction of sp³-hybridized carbons (Fsp3) is 0.412. The maximum atomic E-state index is 4.34. The number of nitrogens with zero attached hydrogens (tertiary/aromatic N) is 1. The van der Waals surface area contributed by atoms with Crippen LogP contribution in [-0.4, -0.2) is 11.9 Å². The van der Waals surface area contributed by atoms with Crippen molar-refractivity contribution in [3.63, 3.8) is 0 Å². The molecule has 102 valence electrons. The van der Waals surface area contributed by atoms with E-state index in [1.165, 1.54) is 30.5 Å². The van der Waals surface area contributed by atoms with Gasteiger partial charge in [0.2, 0.25) is 0 Å². The molecule has 0 bridgehead atoms. The first kappa shape index (κ1) is 14.4. The Morgan fingerprint density at radius 2 is 2.21 bits per heavy atom. The van der Waals surface area contributed by atoms with Gasteiger partial charge in [0.05, 0.1) is 0 Å². The van der Waals surface area contributed by atoms with Crippen molar-refractivity contribution in [1.29, 1.82) is 0 Å². The van der Waals surface area contributed by atoms with Crippen LogP contribution in [0.4, 0.5) is 0 Å². The molecule has 0 spiro atoms. The van der Waals surface area contributed by atoms with E-state index in [0.717, 1.165) is 10.4 Å². The third-order valence-corrected chi connectivity index (χ3v) is 4.51. The summed E-state index contributed by atoms with van der Waals surface area (Å²) in [5.41, 5.74) is 2.57. The van der Waals surface area contributed by atoms with Gasteiger partial charge in [-0.15, -0.1) is 0 Å². The molecule has 0 amide bonds. The van der Waals surface area contributed by atoms with Crippen molar-refractivity contribution in [2.24, 2.45) is 5.92 Å². The number of benzene rings is 1. The van der Waals surface area contributed by atoms with Gasteiger partial charge >= 0.3 is 0 Å². The van der Waals surface area contributed by atoms with Crippen molar-refractivity contribution in [3.05, 3.63) is 58.9 Å². The molecular formula is C17H22BrN. The van der Waals surface area contributed by atoms with E-state index < -0.39 is 0 Å². The van der Waals surface area contributed by atoms with Gasteiger partial charge in [-0.3, -0.25) is 0 Å². The van der Waals surface area contributed by atoms with E-state index in [1.54, 1.807) is 0 Å². The summed E-state index contributed by atoms with van der Waals surface area (Å²) < 4.78 is 1.15. The van der Waals surface area contributed by atoms with Gasteiger partial charge in [0.15, 0.2) is 0 Å². The lowest BCUT2D eigenvalue weighted by Crippen LogP contribution is -2.27. The van der Waals surface area contributed by atoms with Crippen LogP contribution in [0.3, 0.4) is 0 Å². The van der Waals surface area contributed by atoms with E-state index in [2.05, 4.69) is 71.0 Å². The molecular weight excluding hydrogens is 298 g/mol. The minimum Gasteiger partial charge on any atom is -0.355 e. The summed E-state index contributed by atoms with van der Waals surface area (Å²) in [5, 5.41) is 0. The van der Waals surface area contributed by atoms with E-state index in [0.29, 0.717) is 5.92 Å². The molecule has 1 unspecified atom stereocenters. The Labute approximate surface area is 125 Å². The summed E-state index contributed by atoms with van der Waals surface area (Å²) in [7, 11) is 2.09. The third-order valence-electron chi connectivity index (χ3n) is 4.01. The highest BCUT2D eigenvalue weighted by molar-refractivity contribution is 9.10. The molecule has 1 atom stereocenters. The zero-order chi connectivity index (χ0) is 13.8. The zero-order valence-corrected chi connectivity index (χ0v) is 13.4. The standard InChI is InChI=1S/C17H22BrN/c1-4-11-19(3)13(2)17(14-7-5-8-14)15-9-6-10-16(18)12-15/h4,6,9-12,14,17H,2,5,7-8H2,1,3H3/b11-4-. The number of halogens is 1. The largest absolute Gasteiger partial charge is 0.355 e. The zero-order valence-electron chi connectivity index (χ0n) is 11.8. The Bertz CT molecular complexity index is 474. The molecule has 0 radical (unpaired) electrons. The molecule has 1 fully saturated rings. The van der Waals surface area contributed by atoms with E-state index in [-0.39, 0.29) is 0 Å². The van der Waals surface area contributed by atoms with Gasteiger partial charge in [-0.25, -0.2) is 0 Å². The van der Waals surface area contributed by atoms with Crippen LogP contribution in [0.1, 0.15) is 37.7 Å². The molecule has 1 saturated carbocycles. The molecule has 0 saturated heterocycles. The van der Waals surface area contributed by atoms with Crippen LogP contribution in [0.2, 0.25) is 0 Å². The SMILES string of the molecule is C=C(C(c1cccc(Br)c1)C1CCC1)N(C)/C=C\C. The lowest BCUT2D eigenvalue weighted by Gasteiger charge is -2.38. The lowest BCUT2D eigenvalue weighted by molar-refractivity contribution is 0.261. The first-order valence-corrected chi connectivity index (χ1v) is 7.72. The van der Waals surface area contributed by atoms with Crippen LogP contribution in [0.15, 0.2) is 53.3 Å². The smallest absolute Gasteiger partial charge is 0.0265 e. The fourth-order valence-electron chi connectivity index (χ4n) is 2.75. The van der Waals surface area contributed by atoms with Crippen molar-refractivity contribution in [2.45, 2.75) is 32.1 Å². The maximum Gasteiger partial charge on any atom is 0.0265 e. The molecule has 1 aliphatic rings. The normalized spacial score (nSPS) is 17.2. The number of allylic oxidation sites excluding steroid dienone is 2. The van der Waals surface area contributed by atoms with Crippen molar-refractivity contribution in [3.8, 4) is 0 Å². The third kappa shape index (κ3) is 3.30. The van der Waals surface area contributed by atoms with Crippen LogP contribution in [0.25, 0.3) is 0 Å². The van der Waals surface area contributed by atoms with Crippen molar-refractivity contribution in [2.75, 3.05) is 7.05 Å². The predicted octanol–water partition coefficient (Wildman–Crippen LogP) is 5.31. The van der Waals surface area contributed by atoms with Gasteiger partial charge in [-0.2, -0.15) is 0 Å². The molecule has 2 rings (SSSR count). The Morgan fingerprint density at radius 3 is 2.74 bits per heavy atom. The molecule has 1 aliphatic carbocycles. The Hall–Kier alpha value is -1.02. The van der Waals surface area contributed by atoms with E-state index in [9.17, 15) is 0 Å². The molecule has 0 aliphatic heterocycles. The second-order valence-corrected chi connectivity index (χ2v) is 6.22. The first-order valence-electron chi connectivity index (χ1n) is 6.93. The van der Waals surface area contributed by atoms with Crippen molar-refractivity contribution >= 4 is 15.9 Å². The summed E-state index contributed by atoms with van der Waals surface area (Å²) >= 11 is 3.58. The van der Waals surface area contributed by atoms with E-state index in [4.69, 9.17) is 0 Å². The molecule has 19 heavy (non-hydrogen) atoms. The Balaban J connectivity index is 2.28. The molecule has 0 aromatic heterocycles. The van der Waals surface area contributed by atoms with Gasteiger partial charge < -0.3 is 4.90 Å². The average Bonchev–Trinajstić information content (AvgIpc) is 2.33. The quantitative estimate of drug-likeness (QED) is 0.710. The molecule has 2 heteroatoms.